The molecule has 0 spiro atoms. The summed E-state index contributed by atoms with van der Waals surface area (Å²) in [5.41, 5.74) is 5.96. The van der Waals surface area contributed by atoms with Crippen molar-refractivity contribution in [3.05, 3.63) is 57.0 Å². The van der Waals surface area contributed by atoms with Crippen LogP contribution in [0.2, 0.25) is 0 Å². The van der Waals surface area contributed by atoms with Gasteiger partial charge in [-0.15, -0.1) is 5.10 Å². The van der Waals surface area contributed by atoms with E-state index in [9.17, 15) is 14.4 Å². The molecule has 3 rings (SSSR count). The van der Waals surface area contributed by atoms with Crippen molar-refractivity contribution in [3.8, 4) is 5.69 Å². The standard InChI is InChI=1S/C21H28N8O3/c1-3-5-7-12-27(17-18(22)28(11-6-4-2)21(32)24-19(17)30)20(31)15-9-8-10-16(13-15)29-14-23-25-26-29/h8-10,13-14H,3-7,11-12,22H2,1-2H3,(H,24,30,32). The van der Waals surface area contributed by atoms with Crippen LogP contribution >= 0.6 is 0 Å². The number of unbranched alkanes of at least 4 members (excludes halogenated alkanes) is 3. The summed E-state index contributed by atoms with van der Waals surface area (Å²) >= 11 is 0. The second kappa shape index (κ2) is 10.5. The van der Waals surface area contributed by atoms with Gasteiger partial charge < -0.3 is 10.6 Å². The van der Waals surface area contributed by atoms with Gasteiger partial charge in [-0.25, -0.2) is 9.48 Å². The third kappa shape index (κ3) is 4.93. The van der Waals surface area contributed by atoms with Crippen molar-refractivity contribution in [2.75, 3.05) is 17.2 Å². The molecule has 32 heavy (non-hydrogen) atoms. The Kier molecular flexibility index (Phi) is 7.53. The van der Waals surface area contributed by atoms with E-state index in [1.807, 2.05) is 13.8 Å². The lowest BCUT2D eigenvalue weighted by Crippen LogP contribution is -2.41. The number of nitrogens with two attached hydrogens (primary N) is 1. The zero-order chi connectivity index (χ0) is 23.1. The maximum atomic E-state index is 13.5. The van der Waals surface area contributed by atoms with Gasteiger partial charge in [0.05, 0.1) is 5.69 Å². The molecule has 3 aromatic rings. The summed E-state index contributed by atoms with van der Waals surface area (Å²) in [7, 11) is 0. The Balaban J connectivity index is 2.06. The summed E-state index contributed by atoms with van der Waals surface area (Å²) in [5.74, 6) is -0.400. The Labute approximate surface area is 184 Å². The Morgan fingerprint density at radius 2 is 1.94 bits per heavy atom. The van der Waals surface area contributed by atoms with Crippen LogP contribution in [0.3, 0.4) is 0 Å². The molecule has 0 atom stereocenters. The van der Waals surface area contributed by atoms with E-state index in [4.69, 9.17) is 5.73 Å². The lowest BCUT2D eigenvalue weighted by Gasteiger charge is -2.25. The lowest BCUT2D eigenvalue weighted by molar-refractivity contribution is 0.0986. The van der Waals surface area contributed by atoms with E-state index in [1.54, 1.807) is 24.3 Å². The van der Waals surface area contributed by atoms with Crippen LogP contribution < -0.4 is 21.9 Å². The van der Waals surface area contributed by atoms with Gasteiger partial charge in [-0.05, 0) is 41.5 Å². The number of H-pyrrole nitrogens is 1. The molecule has 0 bridgehead atoms. The van der Waals surface area contributed by atoms with E-state index in [0.717, 1.165) is 19.3 Å². The maximum absolute atomic E-state index is 13.5. The van der Waals surface area contributed by atoms with Crippen molar-refractivity contribution in [1.82, 2.24) is 29.8 Å². The van der Waals surface area contributed by atoms with Gasteiger partial charge in [0, 0.05) is 18.7 Å². The van der Waals surface area contributed by atoms with E-state index >= 15 is 0 Å². The highest BCUT2D eigenvalue weighted by molar-refractivity contribution is 6.07. The van der Waals surface area contributed by atoms with Gasteiger partial charge >= 0.3 is 5.69 Å². The van der Waals surface area contributed by atoms with Gasteiger partial charge in [0.25, 0.3) is 11.5 Å². The number of nitrogen functional groups attached to an aromatic ring is 1. The number of tetrazole rings is 1. The smallest absolute Gasteiger partial charge is 0.330 e. The molecule has 1 aromatic carbocycles. The number of nitrogens with one attached hydrogen (secondary N) is 1. The average molecular weight is 441 g/mol. The molecule has 1 amide bonds. The van der Waals surface area contributed by atoms with Gasteiger partial charge in [-0.2, -0.15) is 0 Å². The predicted molar refractivity (Wildman–Crippen MR) is 121 cm³/mol. The largest absolute Gasteiger partial charge is 0.383 e. The number of benzene rings is 1. The minimum absolute atomic E-state index is 0.00497. The maximum Gasteiger partial charge on any atom is 0.330 e. The van der Waals surface area contributed by atoms with Crippen LogP contribution in [0.4, 0.5) is 11.5 Å². The number of amides is 1. The molecule has 11 nitrogen and oxygen atoms in total. The first-order valence-electron chi connectivity index (χ1n) is 10.8. The van der Waals surface area contributed by atoms with E-state index in [2.05, 4.69) is 20.5 Å². The third-order valence-corrected chi connectivity index (χ3v) is 5.16. The summed E-state index contributed by atoms with van der Waals surface area (Å²) in [6.45, 7) is 4.69. The minimum Gasteiger partial charge on any atom is -0.383 e. The van der Waals surface area contributed by atoms with E-state index in [0.29, 0.717) is 37.2 Å². The Morgan fingerprint density at radius 1 is 1.16 bits per heavy atom. The van der Waals surface area contributed by atoms with Gasteiger partial charge in [0.1, 0.15) is 12.1 Å². The zero-order valence-corrected chi connectivity index (χ0v) is 18.3. The molecule has 0 aliphatic heterocycles. The monoisotopic (exact) mass is 440 g/mol. The highest BCUT2D eigenvalue weighted by Crippen LogP contribution is 2.21. The van der Waals surface area contributed by atoms with Crippen LogP contribution in [0, 0.1) is 0 Å². The zero-order valence-electron chi connectivity index (χ0n) is 18.3. The molecule has 0 aliphatic rings. The second-order valence-corrected chi connectivity index (χ2v) is 7.47. The molecule has 0 radical (unpaired) electrons. The topological polar surface area (TPSA) is 145 Å². The van der Waals surface area contributed by atoms with Crippen molar-refractivity contribution in [2.24, 2.45) is 0 Å². The van der Waals surface area contributed by atoms with E-state index < -0.39 is 17.2 Å². The summed E-state index contributed by atoms with van der Waals surface area (Å²) in [4.78, 5) is 42.3. The first kappa shape index (κ1) is 22.9. The fourth-order valence-corrected chi connectivity index (χ4v) is 3.43. The lowest BCUT2D eigenvalue weighted by atomic mass is 10.1. The minimum atomic E-state index is -0.679. The third-order valence-electron chi connectivity index (χ3n) is 5.16. The van der Waals surface area contributed by atoms with Crippen molar-refractivity contribution in [2.45, 2.75) is 52.5 Å². The number of aromatic nitrogens is 6. The quantitative estimate of drug-likeness (QED) is 0.457. The number of anilines is 2. The van der Waals surface area contributed by atoms with Crippen molar-refractivity contribution in [1.29, 1.82) is 0 Å². The van der Waals surface area contributed by atoms with Gasteiger partial charge in [0.15, 0.2) is 5.69 Å². The van der Waals surface area contributed by atoms with Crippen LogP contribution in [0.15, 0.2) is 40.2 Å². The highest BCUT2D eigenvalue weighted by Gasteiger charge is 2.25. The van der Waals surface area contributed by atoms with Crippen LogP contribution in [0.25, 0.3) is 5.69 Å². The molecule has 0 unspecified atom stereocenters. The molecule has 0 saturated heterocycles. The molecule has 11 heteroatoms. The van der Waals surface area contributed by atoms with Crippen LogP contribution in [0.1, 0.15) is 56.3 Å². The highest BCUT2D eigenvalue weighted by atomic mass is 16.2. The number of aromatic amines is 1. The Hall–Kier alpha value is -3.76. The Bertz CT molecular complexity index is 1170. The fraction of sp³-hybridized carbons (Fsp3) is 0.429. The second-order valence-electron chi connectivity index (χ2n) is 7.47. The summed E-state index contributed by atoms with van der Waals surface area (Å²) in [6, 6.07) is 6.77. The number of carbonyl (C=O) groups excluding carboxylic acids is 1. The molecule has 0 saturated carbocycles. The number of carbonyl (C=O) groups is 1. The molecular formula is C21H28N8O3. The van der Waals surface area contributed by atoms with Crippen LogP contribution in [-0.2, 0) is 6.54 Å². The van der Waals surface area contributed by atoms with Gasteiger partial charge in [-0.1, -0.05) is 39.2 Å². The normalized spacial score (nSPS) is 10.9. The van der Waals surface area contributed by atoms with Crippen molar-refractivity contribution < 1.29 is 4.79 Å². The molecular weight excluding hydrogens is 412 g/mol. The first-order valence-corrected chi connectivity index (χ1v) is 10.8. The van der Waals surface area contributed by atoms with Gasteiger partial charge in [0.2, 0.25) is 0 Å². The SMILES string of the molecule is CCCCCN(C(=O)c1cccc(-n2cnnn2)c1)c1c(N)n(CCCC)c(=O)[nH]c1=O. The number of nitrogens with zero attached hydrogens (tertiary/aromatic N) is 6. The molecule has 2 aromatic heterocycles. The number of rotatable bonds is 10. The summed E-state index contributed by atoms with van der Waals surface area (Å²) < 4.78 is 2.75. The van der Waals surface area contributed by atoms with Crippen LogP contribution in [0.5, 0.6) is 0 Å². The summed E-state index contributed by atoms with van der Waals surface area (Å²) in [6.07, 6.45) is 5.49. The number of hydrogen-bond acceptors (Lipinski definition) is 7. The van der Waals surface area contributed by atoms with Crippen molar-refractivity contribution in [3.63, 3.8) is 0 Å². The molecule has 2 heterocycles. The molecule has 0 aliphatic carbocycles. The summed E-state index contributed by atoms with van der Waals surface area (Å²) in [5, 5.41) is 11.1. The fourth-order valence-electron chi connectivity index (χ4n) is 3.43. The Morgan fingerprint density at radius 3 is 2.62 bits per heavy atom. The van der Waals surface area contributed by atoms with Gasteiger partial charge in [-0.3, -0.25) is 19.1 Å². The predicted octanol–water partition coefficient (Wildman–Crippen LogP) is 1.73. The average Bonchev–Trinajstić information content (AvgIpc) is 3.32. The first-order chi connectivity index (χ1) is 15.5. The molecule has 3 N–H and O–H groups in total. The van der Waals surface area contributed by atoms with Crippen LogP contribution in [-0.4, -0.2) is 42.2 Å². The molecule has 170 valence electrons. The van der Waals surface area contributed by atoms with Crippen molar-refractivity contribution >= 4 is 17.4 Å². The molecule has 0 fully saturated rings. The van der Waals surface area contributed by atoms with E-state index in [1.165, 1.54) is 20.5 Å². The van der Waals surface area contributed by atoms with E-state index in [-0.39, 0.29) is 11.5 Å². The number of hydrogen-bond donors (Lipinski definition) is 2.